The monoisotopic (exact) mass is 409 g/mol. The van der Waals surface area contributed by atoms with E-state index in [-0.39, 0.29) is 12.2 Å². The third-order valence-electron chi connectivity index (χ3n) is 4.20. The average molecular weight is 409 g/mol. The molecule has 2 amide bonds. The molecule has 2 rings (SSSR count). The molecule has 1 atom stereocenters. The van der Waals surface area contributed by atoms with Gasteiger partial charge in [0.15, 0.2) is 6.10 Å². The van der Waals surface area contributed by atoms with E-state index in [1.165, 1.54) is 19.1 Å². The van der Waals surface area contributed by atoms with Crippen LogP contribution in [-0.4, -0.2) is 24.5 Å². The summed E-state index contributed by atoms with van der Waals surface area (Å²) >= 11 is 0. The van der Waals surface area contributed by atoms with E-state index in [0.29, 0.717) is 5.75 Å². The quantitative estimate of drug-likeness (QED) is 0.640. The molecular formula is C20H22F3N3O3. The molecule has 2 aromatic carbocycles. The Morgan fingerprint density at radius 3 is 2.45 bits per heavy atom. The molecule has 0 aromatic heterocycles. The average Bonchev–Trinajstić information content (AvgIpc) is 2.67. The van der Waals surface area contributed by atoms with Gasteiger partial charge in [-0.15, -0.1) is 0 Å². The molecule has 0 saturated carbocycles. The molecule has 0 aliphatic heterocycles. The zero-order chi connectivity index (χ0) is 21.6. The second-order valence-electron chi connectivity index (χ2n) is 6.43. The van der Waals surface area contributed by atoms with Gasteiger partial charge in [0.25, 0.3) is 11.8 Å². The molecular weight excluding hydrogens is 387 g/mol. The predicted octanol–water partition coefficient (Wildman–Crippen LogP) is 3.35. The number of benzene rings is 2. The van der Waals surface area contributed by atoms with Gasteiger partial charge in [-0.3, -0.25) is 20.4 Å². The van der Waals surface area contributed by atoms with Crippen LogP contribution in [0, 0.1) is 13.8 Å². The summed E-state index contributed by atoms with van der Waals surface area (Å²) in [6.07, 6.45) is -5.34. The number of hydrazine groups is 1. The second kappa shape index (κ2) is 9.31. The predicted molar refractivity (Wildman–Crippen MR) is 102 cm³/mol. The molecule has 9 heteroatoms. The molecule has 0 aliphatic rings. The molecule has 0 heterocycles. The van der Waals surface area contributed by atoms with E-state index in [9.17, 15) is 22.8 Å². The van der Waals surface area contributed by atoms with Crippen LogP contribution < -0.4 is 20.9 Å². The lowest BCUT2D eigenvalue weighted by molar-refractivity contribution is -0.137. The van der Waals surface area contributed by atoms with Gasteiger partial charge in [-0.05, 0) is 56.2 Å². The zero-order valence-corrected chi connectivity index (χ0v) is 16.2. The van der Waals surface area contributed by atoms with Crippen LogP contribution in [0.3, 0.4) is 0 Å². The fourth-order valence-electron chi connectivity index (χ4n) is 2.36. The minimum atomic E-state index is -4.47. The molecule has 0 fully saturated rings. The highest BCUT2D eigenvalue weighted by Crippen LogP contribution is 2.30. The Morgan fingerprint density at radius 2 is 1.76 bits per heavy atom. The van der Waals surface area contributed by atoms with E-state index in [4.69, 9.17) is 4.74 Å². The number of alkyl halides is 3. The van der Waals surface area contributed by atoms with Crippen LogP contribution in [0.4, 0.5) is 18.9 Å². The lowest BCUT2D eigenvalue weighted by Crippen LogP contribution is -2.48. The second-order valence-corrected chi connectivity index (χ2v) is 6.43. The number of nitrogens with one attached hydrogen (secondary N) is 3. The van der Waals surface area contributed by atoms with Gasteiger partial charge in [-0.1, -0.05) is 18.2 Å². The summed E-state index contributed by atoms with van der Waals surface area (Å²) in [5.74, 6) is -0.641. The number of anilines is 1. The maximum absolute atomic E-state index is 12.7. The van der Waals surface area contributed by atoms with Gasteiger partial charge < -0.3 is 10.1 Å². The van der Waals surface area contributed by atoms with Crippen molar-refractivity contribution in [1.29, 1.82) is 0 Å². The summed E-state index contributed by atoms with van der Waals surface area (Å²) in [4.78, 5) is 23.9. The first-order valence-electron chi connectivity index (χ1n) is 8.80. The van der Waals surface area contributed by atoms with E-state index in [1.807, 2.05) is 26.0 Å². The first kappa shape index (κ1) is 22.1. The molecule has 0 spiro atoms. The van der Waals surface area contributed by atoms with Crippen LogP contribution in [0.1, 0.15) is 23.6 Å². The van der Waals surface area contributed by atoms with Crippen LogP contribution >= 0.6 is 0 Å². The highest BCUT2D eigenvalue weighted by atomic mass is 19.4. The minimum absolute atomic E-state index is 0.132. The van der Waals surface area contributed by atoms with Crippen molar-refractivity contribution in [2.45, 2.75) is 33.1 Å². The number of carbonyl (C=O) groups excluding carboxylic acids is 2. The molecule has 0 saturated heterocycles. The maximum atomic E-state index is 12.7. The molecule has 3 N–H and O–H groups in total. The number of hydrogen-bond donors (Lipinski definition) is 3. The Bertz CT molecular complexity index is 885. The molecule has 2 aromatic rings. The topological polar surface area (TPSA) is 79.5 Å². The molecule has 29 heavy (non-hydrogen) atoms. The lowest BCUT2D eigenvalue weighted by Gasteiger charge is -2.17. The first-order valence-corrected chi connectivity index (χ1v) is 8.80. The number of hydrogen-bond acceptors (Lipinski definition) is 4. The van der Waals surface area contributed by atoms with Gasteiger partial charge in [-0.25, -0.2) is 0 Å². The van der Waals surface area contributed by atoms with E-state index in [0.717, 1.165) is 23.3 Å². The number of halogens is 3. The minimum Gasteiger partial charge on any atom is -0.481 e. The van der Waals surface area contributed by atoms with Crippen molar-refractivity contribution in [3.8, 4) is 5.75 Å². The summed E-state index contributed by atoms with van der Waals surface area (Å²) in [6, 6.07) is 9.94. The first-order chi connectivity index (χ1) is 13.6. The molecule has 0 bridgehead atoms. The fourth-order valence-corrected chi connectivity index (χ4v) is 2.36. The highest BCUT2D eigenvalue weighted by Gasteiger charge is 2.30. The molecule has 156 valence electrons. The summed E-state index contributed by atoms with van der Waals surface area (Å²) < 4.78 is 43.7. The molecule has 0 aliphatic carbocycles. The molecule has 0 radical (unpaired) electrons. The Hall–Kier alpha value is -3.23. The Balaban J connectivity index is 1.81. The number of aryl methyl sites for hydroxylation is 1. The lowest BCUT2D eigenvalue weighted by atomic mass is 10.1. The van der Waals surface area contributed by atoms with Crippen molar-refractivity contribution in [1.82, 2.24) is 10.9 Å². The molecule has 1 unspecified atom stereocenters. The van der Waals surface area contributed by atoms with Crippen molar-refractivity contribution in [3.05, 3.63) is 59.2 Å². The SMILES string of the molecule is Cc1cccc(OC(C)C(=O)NNC(=O)CNc2cccc(C(F)(F)F)c2)c1C. The van der Waals surface area contributed by atoms with Crippen LogP contribution in [0.2, 0.25) is 0 Å². The van der Waals surface area contributed by atoms with Crippen LogP contribution in [0.5, 0.6) is 5.75 Å². The van der Waals surface area contributed by atoms with Gasteiger partial charge in [0.2, 0.25) is 0 Å². The van der Waals surface area contributed by atoms with Crippen molar-refractivity contribution in [2.24, 2.45) is 0 Å². The van der Waals surface area contributed by atoms with Gasteiger partial charge in [0.1, 0.15) is 5.75 Å². The van der Waals surface area contributed by atoms with E-state index < -0.39 is 29.7 Å². The number of carbonyl (C=O) groups is 2. The largest absolute Gasteiger partial charge is 0.481 e. The van der Waals surface area contributed by atoms with E-state index >= 15 is 0 Å². The third-order valence-corrected chi connectivity index (χ3v) is 4.20. The third kappa shape index (κ3) is 6.41. The Morgan fingerprint density at radius 1 is 1.07 bits per heavy atom. The van der Waals surface area contributed by atoms with Gasteiger partial charge in [0.05, 0.1) is 12.1 Å². The van der Waals surface area contributed by atoms with E-state index in [2.05, 4.69) is 16.2 Å². The summed E-state index contributed by atoms with van der Waals surface area (Å²) in [5.41, 5.74) is 5.64. The molecule has 6 nitrogen and oxygen atoms in total. The van der Waals surface area contributed by atoms with Gasteiger partial charge in [0, 0.05) is 5.69 Å². The normalized spacial score (nSPS) is 12.1. The fraction of sp³-hybridized carbons (Fsp3) is 0.300. The summed E-state index contributed by atoms with van der Waals surface area (Å²) in [6.45, 7) is 5.00. The zero-order valence-electron chi connectivity index (χ0n) is 16.2. The summed E-state index contributed by atoms with van der Waals surface area (Å²) in [7, 11) is 0. The summed E-state index contributed by atoms with van der Waals surface area (Å²) in [5, 5.41) is 2.57. The van der Waals surface area contributed by atoms with Crippen molar-refractivity contribution in [3.63, 3.8) is 0 Å². The van der Waals surface area contributed by atoms with Crippen molar-refractivity contribution in [2.75, 3.05) is 11.9 Å². The van der Waals surface area contributed by atoms with Gasteiger partial charge in [-0.2, -0.15) is 13.2 Å². The number of ether oxygens (including phenoxy) is 1. The smallest absolute Gasteiger partial charge is 0.416 e. The van der Waals surface area contributed by atoms with Crippen molar-refractivity contribution >= 4 is 17.5 Å². The Kier molecular flexibility index (Phi) is 7.08. The standard InChI is InChI=1S/C20H22F3N3O3/c1-12-6-4-9-17(13(12)2)29-14(3)19(28)26-25-18(27)11-24-16-8-5-7-15(10-16)20(21,22)23/h4-10,14,24H,11H2,1-3H3,(H,25,27)(H,26,28). The maximum Gasteiger partial charge on any atom is 0.416 e. The Labute approximate surface area is 166 Å². The van der Waals surface area contributed by atoms with Crippen molar-refractivity contribution < 1.29 is 27.5 Å². The highest BCUT2D eigenvalue weighted by molar-refractivity contribution is 5.86. The van der Waals surface area contributed by atoms with E-state index in [1.54, 1.807) is 6.07 Å². The van der Waals surface area contributed by atoms with Crippen LogP contribution in [0.15, 0.2) is 42.5 Å². The van der Waals surface area contributed by atoms with Gasteiger partial charge >= 0.3 is 6.18 Å². The van der Waals surface area contributed by atoms with Crippen LogP contribution in [-0.2, 0) is 15.8 Å². The van der Waals surface area contributed by atoms with Crippen LogP contribution in [0.25, 0.3) is 0 Å². The number of amides is 2. The number of rotatable bonds is 6.